The predicted octanol–water partition coefficient (Wildman–Crippen LogP) is 3.98. The van der Waals surface area contributed by atoms with Crippen LogP contribution in [0.4, 0.5) is 0 Å². The first-order chi connectivity index (χ1) is 10.6. The van der Waals surface area contributed by atoms with Gasteiger partial charge in [-0.25, -0.2) is 4.98 Å². The molecular formula is C17H25ClN2O2. The van der Waals surface area contributed by atoms with Gasteiger partial charge in [0.15, 0.2) is 0 Å². The first-order valence-corrected chi connectivity index (χ1v) is 8.58. The van der Waals surface area contributed by atoms with Gasteiger partial charge in [-0.1, -0.05) is 25.4 Å². The first kappa shape index (κ1) is 17.1. The second-order valence-electron chi connectivity index (χ2n) is 5.93. The van der Waals surface area contributed by atoms with E-state index >= 15 is 0 Å². The average molecular weight is 325 g/mol. The molecule has 0 atom stereocenters. The molecule has 5 heteroatoms. The summed E-state index contributed by atoms with van der Waals surface area (Å²) in [5.74, 6) is 0.967. The van der Waals surface area contributed by atoms with Crippen LogP contribution in [0.1, 0.15) is 52.4 Å². The van der Waals surface area contributed by atoms with E-state index in [1.807, 2.05) is 0 Å². The Hall–Kier alpha value is -1.29. The van der Waals surface area contributed by atoms with Gasteiger partial charge in [0.2, 0.25) is 11.8 Å². The highest BCUT2D eigenvalue weighted by Gasteiger charge is 2.25. The molecule has 0 unspecified atom stereocenters. The SMILES string of the molecule is CCC(CC)C(=O)NC1CCC(Oc2ccc(Cl)cn2)CC1. The summed E-state index contributed by atoms with van der Waals surface area (Å²) in [6.45, 7) is 4.13. The van der Waals surface area contributed by atoms with Gasteiger partial charge >= 0.3 is 0 Å². The molecule has 0 aromatic carbocycles. The van der Waals surface area contributed by atoms with Crippen molar-refractivity contribution in [3.05, 3.63) is 23.4 Å². The normalized spacial score (nSPS) is 21.6. The number of aromatic nitrogens is 1. The molecule has 0 aliphatic heterocycles. The van der Waals surface area contributed by atoms with Gasteiger partial charge in [0.05, 0.1) is 5.02 Å². The number of hydrogen-bond donors (Lipinski definition) is 1. The summed E-state index contributed by atoms with van der Waals surface area (Å²) < 4.78 is 5.87. The number of ether oxygens (including phenoxy) is 1. The number of carbonyl (C=O) groups excluding carboxylic acids is 1. The maximum absolute atomic E-state index is 12.1. The van der Waals surface area contributed by atoms with E-state index in [9.17, 15) is 4.79 Å². The van der Waals surface area contributed by atoms with Crippen molar-refractivity contribution < 1.29 is 9.53 Å². The molecule has 1 aromatic rings. The predicted molar refractivity (Wildman–Crippen MR) is 88.1 cm³/mol. The number of amides is 1. The molecule has 1 heterocycles. The maximum Gasteiger partial charge on any atom is 0.223 e. The quantitative estimate of drug-likeness (QED) is 0.861. The van der Waals surface area contributed by atoms with Crippen LogP contribution in [-0.2, 0) is 4.79 Å². The van der Waals surface area contributed by atoms with Crippen LogP contribution in [0.5, 0.6) is 5.88 Å². The molecule has 22 heavy (non-hydrogen) atoms. The molecule has 1 fully saturated rings. The van der Waals surface area contributed by atoms with E-state index in [4.69, 9.17) is 16.3 Å². The zero-order valence-electron chi connectivity index (χ0n) is 13.3. The molecule has 1 saturated carbocycles. The Kier molecular flexibility index (Phi) is 6.49. The lowest BCUT2D eigenvalue weighted by Crippen LogP contribution is -2.42. The summed E-state index contributed by atoms with van der Waals surface area (Å²) in [6, 6.07) is 3.86. The van der Waals surface area contributed by atoms with Crippen molar-refractivity contribution in [2.24, 2.45) is 5.92 Å². The molecule has 1 amide bonds. The van der Waals surface area contributed by atoms with E-state index in [2.05, 4.69) is 24.1 Å². The summed E-state index contributed by atoms with van der Waals surface area (Å²) in [4.78, 5) is 16.3. The first-order valence-electron chi connectivity index (χ1n) is 8.21. The smallest absolute Gasteiger partial charge is 0.223 e. The summed E-state index contributed by atoms with van der Waals surface area (Å²) in [7, 11) is 0. The van der Waals surface area contributed by atoms with Crippen molar-refractivity contribution in [3.8, 4) is 5.88 Å². The number of nitrogens with zero attached hydrogens (tertiary/aromatic N) is 1. The van der Waals surface area contributed by atoms with Crippen LogP contribution >= 0.6 is 11.6 Å². The van der Waals surface area contributed by atoms with Crippen molar-refractivity contribution in [2.45, 2.75) is 64.5 Å². The van der Waals surface area contributed by atoms with Gasteiger partial charge in [-0.05, 0) is 44.6 Å². The molecule has 0 bridgehead atoms. The lowest BCUT2D eigenvalue weighted by molar-refractivity contribution is -0.126. The van der Waals surface area contributed by atoms with Crippen LogP contribution < -0.4 is 10.1 Å². The number of rotatable bonds is 6. The number of carbonyl (C=O) groups is 1. The molecule has 1 aliphatic carbocycles. The van der Waals surface area contributed by atoms with Crippen molar-refractivity contribution in [2.75, 3.05) is 0 Å². The third-order valence-corrected chi connectivity index (χ3v) is 4.59. The van der Waals surface area contributed by atoms with E-state index in [1.165, 1.54) is 0 Å². The molecule has 0 saturated heterocycles. The van der Waals surface area contributed by atoms with E-state index in [0.29, 0.717) is 10.9 Å². The molecule has 2 rings (SSSR count). The molecule has 1 aromatic heterocycles. The Labute approximate surface area is 137 Å². The third-order valence-electron chi connectivity index (χ3n) is 4.36. The molecular weight excluding hydrogens is 300 g/mol. The monoisotopic (exact) mass is 324 g/mol. The molecule has 0 spiro atoms. The van der Waals surface area contributed by atoms with Crippen LogP contribution in [0.15, 0.2) is 18.3 Å². The fourth-order valence-electron chi connectivity index (χ4n) is 2.91. The molecule has 1 N–H and O–H groups in total. The molecule has 0 radical (unpaired) electrons. The van der Waals surface area contributed by atoms with Gasteiger partial charge in [0, 0.05) is 24.2 Å². The summed E-state index contributed by atoms with van der Waals surface area (Å²) in [6.07, 6.45) is 7.39. The minimum absolute atomic E-state index is 0.146. The van der Waals surface area contributed by atoms with Gasteiger partial charge in [-0.2, -0.15) is 0 Å². The zero-order chi connectivity index (χ0) is 15.9. The van der Waals surface area contributed by atoms with Crippen LogP contribution in [-0.4, -0.2) is 23.0 Å². The largest absolute Gasteiger partial charge is 0.474 e. The van der Waals surface area contributed by atoms with Gasteiger partial charge in [0.1, 0.15) is 6.10 Å². The van der Waals surface area contributed by atoms with Crippen LogP contribution in [0.25, 0.3) is 0 Å². The second-order valence-corrected chi connectivity index (χ2v) is 6.36. The Morgan fingerprint density at radius 2 is 2.00 bits per heavy atom. The van der Waals surface area contributed by atoms with E-state index in [-0.39, 0.29) is 24.0 Å². The summed E-state index contributed by atoms with van der Waals surface area (Å²) >= 11 is 5.81. The van der Waals surface area contributed by atoms with Gasteiger partial charge in [-0.15, -0.1) is 0 Å². The highest BCUT2D eigenvalue weighted by atomic mass is 35.5. The van der Waals surface area contributed by atoms with Crippen molar-refractivity contribution in [1.82, 2.24) is 10.3 Å². The second kappa shape index (κ2) is 8.37. The Balaban J connectivity index is 1.75. The average Bonchev–Trinajstić information content (AvgIpc) is 2.53. The molecule has 1 aliphatic rings. The highest BCUT2D eigenvalue weighted by Crippen LogP contribution is 2.24. The lowest BCUT2D eigenvalue weighted by atomic mass is 9.92. The zero-order valence-corrected chi connectivity index (χ0v) is 14.1. The third kappa shape index (κ3) is 4.87. The summed E-state index contributed by atoms with van der Waals surface area (Å²) in [5.41, 5.74) is 0. The van der Waals surface area contributed by atoms with Gasteiger partial charge in [0.25, 0.3) is 0 Å². The van der Waals surface area contributed by atoms with Crippen LogP contribution in [0, 0.1) is 5.92 Å². The lowest BCUT2D eigenvalue weighted by Gasteiger charge is -2.30. The van der Waals surface area contributed by atoms with Crippen LogP contribution in [0.2, 0.25) is 5.02 Å². The van der Waals surface area contributed by atoms with E-state index in [0.717, 1.165) is 38.5 Å². The number of halogens is 1. The Morgan fingerprint density at radius 3 is 2.55 bits per heavy atom. The topological polar surface area (TPSA) is 51.2 Å². The van der Waals surface area contributed by atoms with Gasteiger partial charge < -0.3 is 10.1 Å². The maximum atomic E-state index is 12.1. The van der Waals surface area contributed by atoms with Crippen LogP contribution in [0.3, 0.4) is 0 Å². The minimum Gasteiger partial charge on any atom is -0.474 e. The number of nitrogens with one attached hydrogen (secondary N) is 1. The number of pyridine rings is 1. The Bertz CT molecular complexity index is 466. The van der Waals surface area contributed by atoms with E-state index < -0.39 is 0 Å². The van der Waals surface area contributed by atoms with Crippen molar-refractivity contribution >= 4 is 17.5 Å². The fourth-order valence-corrected chi connectivity index (χ4v) is 3.02. The fraction of sp³-hybridized carbons (Fsp3) is 0.647. The number of hydrogen-bond acceptors (Lipinski definition) is 3. The van der Waals surface area contributed by atoms with Gasteiger partial charge in [-0.3, -0.25) is 4.79 Å². The van der Waals surface area contributed by atoms with Crippen molar-refractivity contribution in [1.29, 1.82) is 0 Å². The van der Waals surface area contributed by atoms with E-state index in [1.54, 1.807) is 18.3 Å². The minimum atomic E-state index is 0.146. The Morgan fingerprint density at radius 1 is 1.32 bits per heavy atom. The summed E-state index contributed by atoms with van der Waals surface area (Å²) in [5, 5.41) is 3.80. The standard InChI is InChI=1S/C17H25ClN2O2/c1-3-12(4-2)17(21)20-14-6-8-15(9-7-14)22-16-10-5-13(18)11-19-16/h5,10-12,14-15H,3-4,6-9H2,1-2H3,(H,20,21). The highest BCUT2D eigenvalue weighted by molar-refractivity contribution is 6.30. The van der Waals surface area contributed by atoms with Crippen molar-refractivity contribution in [3.63, 3.8) is 0 Å². The molecule has 122 valence electrons. The molecule has 4 nitrogen and oxygen atoms in total.